The monoisotopic (exact) mass is 304 g/mol. The van der Waals surface area contributed by atoms with Crippen molar-refractivity contribution in [1.29, 1.82) is 0 Å². The normalized spacial score (nSPS) is 12.9. The Balaban J connectivity index is 1.64. The Morgan fingerprint density at radius 1 is 1.04 bits per heavy atom. The van der Waals surface area contributed by atoms with Crippen LogP contribution in [0.5, 0.6) is 11.5 Å². The number of fused-ring (bicyclic) bond motifs is 2. The van der Waals surface area contributed by atoms with Crippen LogP contribution in [0, 0.1) is 0 Å². The van der Waals surface area contributed by atoms with Crippen molar-refractivity contribution >= 4 is 22.9 Å². The van der Waals surface area contributed by atoms with Gasteiger partial charge in [0, 0.05) is 23.5 Å². The van der Waals surface area contributed by atoms with E-state index in [2.05, 4.69) is 9.97 Å². The fraction of sp³-hybridized carbons (Fsp3) is 0.0556. The first-order valence-corrected chi connectivity index (χ1v) is 7.13. The lowest BCUT2D eigenvalue weighted by molar-refractivity contribution is 0.104. The van der Waals surface area contributed by atoms with Gasteiger partial charge in [0.1, 0.15) is 0 Å². The molecule has 1 aliphatic heterocycles. The second-order valence-electron chi connectivity index (χ2n) is 5.04. The van der Waals surface area contributed by atoms with Gasteiger partial charge in [-0.3, -0.25) is 14.8 Å². The highest BCUT2D eigenvalue weighted by Gasteiger charge is 2.15. The van der Waals surface area contributed by atoms with Crippen molar-refractivity contribution in [3.8, 4) is 11.5 Å². The Labute approximate surface area is 132 Å². The van der Waals surface area contributed by atoms with Crippen LogP contribution in [-0.2, 0) is 0 Å². The largest absolute Gasteiger partial charge is 0.454 e. The van der Waals surface area contributed by atoms with Crippen molar-refractivity contribution in [2.45, 2.75) is 0 Å². The van der Waals surface area contributed by atoms with Crippen LogP contribution in [0.2, 0.25) is 0 Å². The minimum absolute atomic E-state index is 0.107. The Morgan fingerprint density at radius 3 is 2.87 bits per heavy atom. The molecule has 2 aromatic carbocycles. The average Bonchev–Trinajstić information content (AvgIpc) is 3.07. The van der Waals surface area contributed by atoms with Crippen LogP contribution >= 0.6 is 0 Å². The van der Waals surface area contributed by atoms with E-state index in [1.54, 1.807) is 36.7 Å². The molecule has 0 spiro atoms. The highest BCUT2D eigenvalue weighted by Crippen LogP contribution is 2.32. The second-order valence-corrected chi connectivity index (χ2v) is 5.04. The molecule has 5 nitrogen and oxygen atoms in total. The van der Waals surface area contributed by atoms with E-state index in [1.807, 2.05) is 18.2 Å². The number of hydrogen-bond acceptors (Lipinski definition) is 5. The third kappa shape index (κ3) is 2.53. The Kier molecular flexibility index (Phi) is 3.24. The first-order valence-electron chi connectivity index (χ1n) is 7.13. The van der Waals surface area contributed by atoms with Gasteiger partial charge in [-0.2, -0.15) is 0 Å². The maximum atomic E-state index is 12.3. The van der Waals surface area contributed by atoms with Crippen LogP contribution in [0.1, 0.15) is 15.9 Å². The van der Waals surface area contributed by atoms with E-state index in [9.17, 15) is 4.79 Å². The molecule has 0 amide bonds. The molecule has 0 aliphatic carbocycles. The molecule has 1 aliphatic rings. The molecule has 0 unspecified atom stereocenters. The first-order chi connectivity index (χ1) is 11.3. The highest BCUT2D eigenvalue weighted by atomic mass is 16.7. The number of ether oxygens (including phenoxy) is 2. The van der Waals surface area contributed by atoms with Crippen LogP contribution in [0.25, 0.3) is 17.1 Å². The minimum Gasteiger partial charge on any atom is -0.454 e. The number of ketones is 1. The van der Waals surface area contributed by atoms with Gasteiger partial charge in [-0.25, -0.2) is 0 Å². The fourth-order valence-electron chi connectivity index (χ4n) is 2.46. The van der Waals surface area contributed by atoms with Crippen molar-refractivity contribution in [2.24, 2.45) is 0 Å². The molecule has 0 saturated carbocycles. The Morgan fingerprint density at radius 2 is 1.91 bits per heavy atom. The summed E-state index contributed by atoms with van der Waals surface area (Å²) >= 11 is 0. The lowest BCUT2D eigenvalue weighted by Crippen LogP contribution is -1.94. The molecule has 0 saturated heterocycles. The number of nitrogens with zero attached hydrogens (tertiary/aromatic N) is 2. The van der Waals surface area contributed by atoms with Crippen LogP contribution < -0.4 is 9.47 Å². The number of para-hydroxylation sites is 1. The lowest BCUT2D eigenvalue weighted by Gasteiger charge is -2.01. The predicted octanol–water partition coefficient (Wildman–Crippen LogP) is 3.25. The van der Waals surface area contributed by atoms with E-state index in [0.29, 0.717) is 17.1 Å². The maximum Gasteiger partial charge on any atom is 0.231 e. The molecule has 4 rings (SSSR count). The van der Waals surface area contributed by atoms with Crippen molar-refractivity contribution < 1.29 is 14.3 Å². The third-order valence-electron chi connectivity index (χ3n) is 3.60. The quantitative estimate of drug-likeness (QED) is 0.549. The molecule has 0 atom stereocenters. The van der Waals surface area contributed by atoms with Gasteiger partial charge in [0.15, 0.2) is 17.3 Å². The van der Waals surface area contributed by atoms with E-state index in [0.717, 1.165) is 16.6 Å². The number of carbonyl (C=O) groups excluding carboxylic acids is 1. The summed E-state index contributed by atoms with van der Waals surface area (Å²) in [6, 6.07) is 10.8. The Hall–Kier alpha value is -3.21. The number of rotatable bonds is 3. The number of aromatic nitrogens is 2. The topological polar surface area (TPSA) is 61.3 Å². The van der Waals surface area contributed by atoms with E-state index in [1.165, 1.54) is 6.08 Å². The van der Waals surface area contributed by atoms with Gasteiger partial charge in [0.05, 0.1) is 11.0 Å². The van der Waals surface area contributed by atoms with Gasteiger partial charge in [0.2, 0.25) is 6.79 Å². The third-order valence-corrected chi connectivity index (χ3v) is 3.60. The Bertz CT molecular complexity index is 929. The zero-order valence-electron chi connectivity index (χ0n) is 12.1. The van der Waals surface area contributed by atoms with Crippen LogP contribution in [0.3, 0.4) is 0 Å². The second kappa shape index (κ2) is 5.53. The van der Waals surface area contributed by atoms with Crippen LogP contribution in [-0.4, -0.2) is 22.5 Å². The molecular weight excluding hydrogens is 292 g/mol. The smallest absolute Gasteiger partial charge is 0.231 e. The number of carbonyl (C=O) groups is 1. The van der Waals surface area contributed by atoms with Gasteiger partial charge >= 0.3 is 0 Å². The zero-order chi connectivity index (χ0) is 15.6. The lowest BCUT2D eigenvalue weighted by atomic mass is 10.1. The number of hydrogen-bond donors (Lipinski definition) is 0. The molecule has 0 radical (unpaired) electrons. The molecule has 3 aromatic rings. The molecule has 5 heteroatoms. The zero-order valence-corrected chi connectivity index (χ0v) is 12.1. The SMILES string of the molecule is O=C(/C=C/c1cccc2nccnc12)c1ccc2c(c1)OCO2. The van der Waals surface area contributed by atoms with E-state index in [-0.39, 0.29) is 12.6 Å². The number of allylic oxidation sites excluding steroid dienone is 1. The van der Waals surface area contributed by atoms with Crippen LogP contribution in [0.4, 0.5) is 0 Å². The summed E-state index contributed by atoms with van der Waals surface area (Å²) < 4.78 is 10.5. The summed E-state index contributed by atoms with van der Waals surface area (Å²) in [7, 11) is 0. The van der Waals surface area contributed by atoms with Gasteiger partial charge in [-0.1, -0.05) is 12.1 Å². The van der Waals surface area contributed by atoms with Gasteiger partial charge < -0.3 is 9.47 Å². The molecule has 0 bridgehead atoms. The summed E-state index contributed by atoms with van der Waals surface area (Å²) in [6.45, 7) is 0.192. The molecule has 2 heterocycles. The highest BCUT2D eigenvalue weighted by molar-refractivity contribution is 6.07. The average molecular weight is 304 g/mol. The van der Waals surface area contributed by atoms with Gasteiger partial charge in [-0.05, 0) is 36.4 Å². The van der Waals surface area contributed by atoms with E-state index >= 15 is 0 Å². The van der Waals surface area contributed by atoms with Crippen molar-refractivity contribution in [1.82, 2.24) is 9.97 Å². The number of benzene rings is 2. The van der Waals surface area contributed by atoms with Crippen LogP contribution in [0.15, 0.2) is 54.9 Å². The predicted molar refractivity (Wildman–Crippen MR) is 85.5 cm³/mol. The summed E-state index contributed by atoms with van der Waals surface area (Å²) in [4.78, 5) is 20.9. The van der Waals surface area contributed by atoms with Gasteiger partial charge in [-0.15, -0.1) is 0 Å². The van der Waals surface area contributed by atoms with Crippen molar-refractivity contribution in [2.75, 3.05) is 6.79 Å². The van der Waals surface area contributed by atoms with E-state index < -0.39 is 0 Å². The summed E-state index contributed by atoms with van der Waals surface area (Å²) in [5, 5.41) is 0. The summed E-state index contributed by atoms with van der Waals surface area (Å²) in [5.41, 5.74) is 2.97. The molecular formula is C18H12N2O3. The molecule has 112 valence electrons. The molecule has 1 aromatic heterocycles. The summed E-state index contributed by atoms with van der Waals surface area (Å²) in [6.07, 6.45) is 6.57. The maximum absolute atomic E-state index is 12.3. The minimum atomic E-state index is -0.107. The van der Waals surface area contributed by atoms with E-state index in [4.69, 9.17) is 9.47 Å². The standard InChI is InChI=1S/C18H12N2O3/c21-15(13-5-7-16-17(10-13)23-11-22-16)6-4-12-2-1-3-14-18(12)20-9-8-19-14/h1-10H,11H2/b6-4+. The van der Waals surface area contributed by atoms with Crippen molar-refractivity contribution in [3.05, 3.63) is 66.0 Å². The molecule has 23 heavy (non-hydrogen) atoms. The van der Waals surface area contributed by atoms with Gasteiger partial charge in [0.25, 0.3) is 0 Å². The fourth-order valence-corrected chi connectivity index (χ4v) is 2.46. The summed E-state index contributed by atoms with van der Waals surface area (Å²) in [5.74, 6) is 1.15. The molecule has 0 N–H and O–H groups in total. The molecule has 0 fully saturated rings. The first kappa shape index (κ1) is 13.5. The van der Waals surface area contributed by atoms with Crippen molar-refractivity contribution in [3.63, 3.8) is 0 Å².